The third-order valence-electron chi connectivity index (χ3n) is 3.52. The Hall–Kier alpha value is 3.51. The fourth-order valence-corrected chi connectivity index (χ4v) is 3.24. The molecule has 11 heteroatoms. The summed E-state index contributed by atoms with van der Waals surface area (Å²) in [5, 5.41) is 0. The maximum atomic E-state index is 11.4. The Kier molecular flexibility index (Phi) is 43.8. The maximum Gasteiger partial charge on any atom is 0 e. The number of hydrogen-bond acceptors (Lipinski definition) is 2. The first kappa shape index (κ1) is 48.8. The summed E-state index contributed by atoms with van der Waals surface area (Å²) in [4.78, 5) is 13.4. The van der Waals surface area contributed by atoms with Crippen molar-refractivity contribution in [3.8, 4) is 11.1 Å². The zero-order valence-corrected chi connectivity index (χ0v) is 38.1. The number of benzene rings is 2. The van der Waals surface area contributed by atoms with Crippen LogP contribution in [0.15, 0.2) is 48.5 Å². The molecular formula is C17H19O3SbW7-. The van der Waals surface area contributed by atoms with Gasteiger partial charge in [0.25, 0.3) is 0 Å². The second-order valence-electron chi connectivity index (χ2n) is 4.53. The van der Waals surface area contributed by atoms with E-state index in [-0.39, 0.29) is 170 Å². The van der Waals surface area contributed by atoms with Crippen molar-refractivity contribution in [2.24, 2.45) is 0 Å². The van der Waals surface area contributed by atoms with Gasteiger partial charge >= 0.3 is 123 Å². The number of ether oxygens (including phenoxy) is 1. The van der Waals surface area contributed by atoms with Crippen LogP contribution in [0.4, 0.5) is 4.79 Å². The normalized spacial score (nSPS) is 8.75. The third kappa shape index (κ3) is 12.1. The average molecular weight is 1680 g/mol. The minimum Gasteiger partial charge on any atom is 0 e. The van der Waals surface area contributed by atoms with E-state index in [1.54, 1.807) is 0 Å². The number of carbonyl (C=O) groups is 1. The summed E-state index contributed by atoms with van der Waals surface area (Å²) >= 11 is -0.803. The molecule has 0 unspecified atom stereocenters. The molecule has 0 bridgehead atoms. The Bertz CT molecular complexity index is 602. The van der Waals surface area contributed by atoms with Crippen LogP contribution in [0.1, 0.15) is 17.0 Å². The molecule has 3 rings (SSSR count). The first-order chi connectivity index (χ1) is 9.31. The van der Waals surface area contributed by atoms with Crippen LogP contribution in [0.3, 0.4) is 0 Å². The number of rotatable bonds is 3. The molecular weight excluding hydrogens is 1660 g/mol. The Balaban J connectivity index is -0.0000000980. The van der Waals surface area contributed by atoms with Crippen LogP contribution < -0.4 is 0 Å². The van der Waals surface area contributed by atoms with E-state index in [1.807, 2.05) is 4.87 Å². The van der Waals surface area contributed by atoms with E-state index in [2.05, 4.69) is 48.5 Å². The van der Waals surface area contributed by atoms with Gasteiger partial charge in [-0.05, 0) is 0 Å². The average Bonchev–Trinajstić information content (AvgIpc) is 2.79. The third-order valence-corrected chi connectivity index (χ3v) is 4.93. The first-order valence-electron chi connectivity index (χ1n) is 6.26. The van der Waals surface area contributed by atoms with Crippen molar-refractivity contribution in [3.05, 3.63) is 67.1 Å². The first-order valence-corrected chi connectivity index (χ1v) is 10.1. The van der Waals surface area contributed by atoms with Gasteiger partial charge in [0.05, 0.1) is 0 Å². The minimum atomic E-state index is -0.803. The topological polar surface area (TPSA) is 57.8 Å². The molecule has 0 atom stereocenters. The fraction of sp³-hybridized carbons (Fsp3) is 0.176. The van der Waals surface area contributed by atoms with Crippen molar-refractivity contribution in [1.29, 1.82) is 0 Å². The minimum absolute atomic E-state index is 0. The molecule has 2 N–H and O–H groups in total. The van der Waals surface area contributed by atoms with E-state index in [0.29, 0.717) is 6.61 Å². The van der Waals surface area contributed by atoms with Crippen LogP contribution in [0.5, 0.6) is 0 Å². The van der Waals surface area contributed by atoms with Crippen LogP contribution >= 0.6 is 0 Å². The summed E-state index contributed by atoms with van der Waals surface area (Å²) in [6, 6.07) is 16.8. The summed E-state index contributed by atoms with van der Waals surface area (Å²) in [6.07, 6.45) is 0. The Labute approximate surface area is 278 Å². The van der Waals surface area contributed by atoms with Crippen molar-refractivity contribution < 1.29 is 162 Å². The number of hydrogen-bond donors (Lipinski definition) is 0. The molecule has 1 radical (unpaired) electrons. The predicted molar refractivity (Wildman–Crippen MR) is 86.7 cm³/mol. The smallest absolute Gasteiger partial charge is 0 e. The molecule has 0 fully saturated rings. The van der Waals surface area contributed by atoms with Gasteiger partial charge in [0.15, 0.2) is 0 Å². The Morgan fingerprint density at radius 1 is 0.821 bits per heavy atom. The zero-order valence-electron chi connectivity index (χ0n) is 15.0. The molecule has 0 heterocycles. The predicted octanol–water partition coefficient (Wildman–Crippen LogP) is 3.30. The molecule has 0 amide bonds. The molecule has 0 spiro atoms. The number of carbonyl (C=O) groups excluding carboxylic acids is 1. The molecule has 1 aliphatic carbocycles. The molecule has 1 aliphatic rings. The van der Waals surface area contributed by atoms with Gasteiger partial charge in [-0.25, -0.2) is 0 Å². The summed E-state index contributed by atoms with van der Waals surface area (Å²) < 4.78 is 5.43. The standard InChI is InChI=1S/C15H11O2.2CH3.H2O.Sb.7W/c16-10-17-9-15-13-7-3-1-5-11(13)12-6-2-4-8-14(12)15;;;;;;;;;;;/h1-8,15H,9H2;2*1H3;1H2;;;;;;;;/q;;-1;;;;;;;;;. The molecule has 0 aromatic heterocycles. The van der Waals surface area contributed by atoms with E-state index >= 15 is 0 Å². The SMILES string of the molecule is O.[CH3-].[CH3][Sb][C](=O)OCC1c2ccccc2-c2ccccc21.[W].[W].[W].[W].[W].[W].[W]. The Morgan fingerprint density at radius 3 is 1.54 bits per heavy atom. The van der Waals surface area contributed by atoms with Gasteiger partial charge in [-0.2, -0.15) is 0 Å². The van der Waals surface area contributed by atoms with Gasteiger partial charge in [0, 0.05) is 147 Å². The molecule has 3 nitrogen and oxygen atoms in total. The maximum absolute atomic E-state index is 11.4. The fourth-order valence-electron chi connectivity index (χ4n) is 2.66. The van der Waals surface area contributed by atoms with E-state index in [0.717, 1.165) is 0 Å². The summed E-state index contributed by atoms with van der Waals surface area (Å²) in [6.45, 7) is 0.469. The van der Waals surface area contributed by atoms with Gasteiger partial charge in [-0.15, -0.1) is 0 Å². The van der Waals surface area contributed by atoms with Crippen molar-refractivity contribution in [3.63, 3.8) is 0 Å². The quantitative estimate of drug-likeness (QED) is 0.351. The zero-order chi connectivity index (χ0) is 13.2. The summed E-state index contributed by atoms with van der Waals surface area (Å²) in [7, 11) is 0. The van der Waals surface area contributed by atoms with Gasteiger partial charge in [0.2, 0.25) is 0 Å². The largest absolute Gasteiger partial charge is 0 e. The molecule has 0 saturated heterocycles. The van der Waals surface area contributed by atoms with Crippen molar-refractivity contribution in [2.45, 2.75) is 10.8 Å². The molecule has 2 aromatic rings. The van der Waals surface area contributed by atoms with E-state index in [1.165, 1.54) is 22.3 Å². The number of fused-ring (bicyclic) bond motifs is 3. The van der Waals surface area contributed by atoms with Crippen LogP contribution in [-0.4, -0.2) is 37.6 Å². The summed E-state index contributed by atoms with van der Waals surface area (Å²) in [5.74, 6) is 0.193. The summed E-state index contributed by atoms with van der Waals surface area (Å²) in [5.41, 5.74) is 5.09. The molecule has 2 aromatic carbocycles. The van der Waals surface area contributed by atoms with Crippen molar-refractivity contribution in [2.75, 3.05) is 6.61 Å². The Morgan fingerprint density at radius 2 is 1.18 bits per heavy atom. The molecule has 0 saturated carbocycles. The van der Waals surface area contributed by atoms with Crippen LogP contribution in [0, 0.1) is 7.43 Å². The van der Waals surface area contributed by atoms with E-state index in [9.17, 15) is 4.79 Å². The van der Waals surface area contributed by atoms with Gasteiger partial charge < -0.3 is 12.9 Å². The van der Waals surface area contributed by atoms with Gasteiger partial charge in [0.1, 0.15) is 0 Å². The van der Waals surface area contributed by atoms with E-state index < -0.39 is 21.6 Å². The second kappa shape index (κ2) is 25.1. The molecule has 153 valence electrons. The van der Waals surface area contributed by atoms with Gasteiger partial charge in [-0.3, -0.25) is 0 Å². The van der Waals surface area contributed by atoms with E-state index in [4.69, 9.17) is 4.74 Å². The monoisotopic (exact) mass is 1680 g/mol. The molecule has 28 heavy (non-hydrogen) atoms. The van der Waals surface area contributed by atoms with Crippen molar-refractivity contribution in [1.82, 2.24) is 0 Å². The van der Waals surface area contributed by atoms with Crippen molar-refractivity contribution >= 4 is 25.5 Å². The molecule has 0 aliphatic heterocycles. The van der Waals surface area contributed by atoms with Crippen LogP contribution in [-0.2, 0) is 152 Å². The van der Waals surface area contributed by atoms with Crippen LogP contribution in [0.2, 0.25) is 4.87 Å². The van der Waals surface area contributed by atoms with Gasteiger partial charge in [-0.1, -0.05) is 0 Å². The van der Waals surface area contributed by atoms with Crippen LogP contribution in [0.25, 0.3) is 11.1 Å². The second-order valence-corrected chi connectivity index (χ2v) is 6.85.